The van der Waals surface area contributed by atoms with Gasteiger partial charge in [0.15, 0.2) is 5.82 Å². The number of nitrogens with zero attached hydrogens (tertiary/aromatic N) is 2. The fraction of sp³-hybridized carbons (Fsp3) is 0.600. The maximum absolute atomic E-state index is 5.15. The molecule has 70 valence electrons. The number of allylic oxidation sites excluding steroid dienone is 1. The molecule has 0 spiro atoms. The van der Waals surface area contributed by atoms with Crippen LogP contribution >= 0.6 is 0 Å². The number of aryl methyl sites for hydroxylation is 1. The quantitative estimate of drug-likeness (QED) is 0.620. The summed E-state index contributed by atoms with van der Waals surface area (Å²) in [5.41, 5.74) is 1.25. The highest BCUT2D eigenvalue weighted by molar-refractivity contribution is 5.15. The molecule has 1 atom stereocenters. The molecule has 0 aromatic carbocycles. The fourth-order valence-corrected chi connectivity index (χ4v) is 1.83. The van der Waals surface area contributed by atoms with Gasteiger partial charge in [-0.25, -0.2) is 0 Å². The number of rotatable bonds is 1. The summed E-state index contributed by atoms with van der Waals surface area (Å²) in [6.07, 6.45) is 4.71. The van der Waals surface area contributed by atoms with Crippen LogP contribution in [-0.4, -0.2) is 10.1 Å². The van der Waals surface area contributed by atoms with Crippen LogP contribution in [0.4, 0.5) is 0 Å². The molecule has 1 fully saturated rings. The monoisotopic (exact) mass is 178 g/mol. The SMILES string of the molecule is C=C1CCCCC1c1nc(C)no1. The van der Waals surface area contributed by atoms with Gasteiger partial charge < -0.3 is 4.52 Å². The number of aromatic nitrogens is 2. The minimum absolute atomic E-state index is 0.315. The van der Waals surface area contributed by atoms with Gasteiger partial charge in [0, 0.05) is 0 Å². The molecule has 0 aliphatic heterocycles. The largest absolute Gasteiger partial charge is 0.339 e. The van der Waals surface area contributed by atoms with E-state index in [0.29, 0.717) is 11.7 Å². The van der Waals surface area contributed by atoms with Crippen molar-refractivity contribution >= 4 is 0 Å². The highest BCUT2D eigenvalue weighted by Gasteiger charge is 2.23. The molecule has 0 bridgehead atoms. The van der Waals surface area contributed by atoms with Gasteiger partial charge in [-0.3, -0.25) is 0 Å². The van der Waals surface area contributed by atoms with Crippen LogP contribution in [0.25, 0.3) is 0 Å². The number of hydrogen-bond acceptors (Lipinski definition) is 3. The van der Waals surface area contributed by atoms with E-state index in [0.717, 1.165) is 18.7 Å². The third-order valence-corrected chi connectivity index (χ3v) is 2.57. The van der Waals surface area contributed by atoms with Crippen LogP contribution in [0.2, 0.25) is 0 Å². The third kappa shape index (κ3) is 1.64. The van der Waals surface area contributed by atoms with E-state index >= 15 is 0 Å². The molecule has 0 radical (unpaired) electrons. The second-order valence-corrected chi connectivity index (χ2v) is 3.64. The van der Waals surface area contributed by atoms with Gasteiger partial charge in [-0.1, -0.05) is 23.7 Å². The Hall–Kier alpha value is -1.12. The third-order valence-electron chi connectivity index (χ3n) is 2.57. The zero-order valence-electron chi connectivity index (χ0n) is 7.92. The first-order valence-electron chi connectivity index (χ1n) is 4.75. The van der Waals surface area contributed by atoms with Crippen LogP contribution in [0.1, 0.15) is 43.3 Å². The van der Waals surface area contributed by atoms with E-state index < -0.39 is 0 Å². The first kappa shape index (κ1) is 8.48. The Bertz CT molecular complexity index is 316. The van der Waals surface area contributed by atoms with E-state index in [9.17, 15) is 0 Å². The average molecular weight is 178 g/mol. The lowest BCUT2D eigenvalue weighted by Crippen LogP contribution is -2.07. The van der Waals surface area contributed by atoms with Crippen molar-refractivity contribution in [2.75, 3.05) is 0 Å². The van der Waals surface area contributed by atoms with E-state index in [4.69, 9.17) is 4.52 Å². The van der Waals surface area contributed by atoms with E-state index in [1.807, 2.05) is 6.92 Å². The summed E-state index contributed by atoms with van der Waals surface area (Å²) in [4.78, 5) is 4.25. The molecule has 3 nitrogen and oxygen atoms in total. The molecule has 1 heterocycles. The normalized spacial score (nSPS) is 23.5. The topological polar surface area (TPSA) is 38.9 Å². The van der Waals surface area contributed by atoms with Gasteiger partial charge >= 0.3 is 0 Å². The summed E-state index contributed by atoms with van der Waals surface area (Å²) in [5, 5.41) is 3.80. The van der Waals surface area contributed by atoms with Crippen LogP contribution in [0.5, 0.6) is 0 Å². The van der Waals surface area contributed by atoms with Crippen LogP contribution in [0.3, 0.4) is 0 Å². The molecule has 3 heteroatoms. The average Bonchev–Trinajstić information content (AvgIpc) is 2.53. The van der Waals surface area contributed by atoms with Gasteiger partial charge in [0.05, 0.1) is 5.92 Å². The summed E-state index contributed by atoms with van der Waals surface area (Å²) in [7, 11) is 0. The van der Waals surface area contributed by atoms with Gasteiger partial charge in [-0.05, 0) is 26.2 Å². The predicted molar refractivity (Wildman–Crippen MR) is 49.4 cm³/mol. The second-order valence-electron chi connectivity index (χ2n) is 3.64. The van der Waals surface area contributed by atoms with Gasteiger partial charge in [0.25, 0.3) is 0 Å². The van der Waals surface area contributed by atoms with Crippen molar-refractivity contribution < 1.29 is 4.52 Å². The van der Waals surface area contributed by atoms with Crippen molar-refractivity contribution in [3.63, 3.8) is 0 Å². The molecule has 1 aliphatic carbocycles. The lowest BCUT2D eigenvalue weighted by Gasteiger charge is -2.20. The van der Waals surface area contributed by atoms with Crippen molar-refractivity contribution in [1.29, 1.82) is 0 Å². The van der Waals surface area contributed by atoms with Gasteiger partial charge in [0.1, 0.15) is 0 Å². The Morgan fingerprint density at radius 1 is 1.46 bits per heavy atom. The van der Waals surface area contributed by atoms with Crippen LogP contribution < -0.4 is 0 Å². The van der Waals surface area contributed by atoms with E-state index in [-0.39, 0.29) is 0 Å². The Kier molecular flexibility index (Phi) is 2.17. The predicted octanol–water partition coefficient (Wildman–Crippen LogP) is 2.59. The molecular formula is C10H14N2O. The lowest BCUT2D eigenvalue weighted by atomic mass is 9.85. The summed E-state index contributed by atoms with van der Waals surface area (Å²) in [6.45, 7) is 5.90. The zero-order valence-corrected chi connectivity index (χ0v) is 7.92. The smallest absolute Gasteiger partial charge is 0.233 e. The Labute approximate surface area is 77.8 Å². The molecule has 1 unspecified atom stereocenters. The van der Waals surface area contributed by atoms with Crippen molar-refractivity contribution in [3.05, 3.63) is 23.9 Å². The zero-order chi connectivity index (χ0) is 9.26. The summed E-state index contributed by atoms with van der Waals surface area (Å²) < 4.78 is 5.15. The summed E-state index contributed by atoms with van der Waals surface area (Å²) >= 11 is 0. The summed E-state index contributed by atoms with van der Waals surface area (Å²) in [5.74, 6) is 1.78. The van der Waals surface area contributed by atoms with Gasteiger partial charge in [-0.15, -0.1) is 0 Å². The van der Waals surface area contributed by atoms with Crippen LogP contribution in [0.15, 0.2) is 16.7 Å². The van der Waals surface area contributed by atoms with E-state index in [1.165, 1.54) is 18.4 Å². The molecule has 1 saturated carbocycles. The second kappa shape index (κ2) is 3.32. The minimum atomic E-state index is 0.315. The molecule has 0 amide bonds. The van der Waals surface area contributed by atoms with Crippen molar-refractivity contribution in [2.24, 2.45) is 0 Å². The van der Waals surface area contributed by atoms with Gasteiger partial charge in [-0.2, -0.15) is 4.98 Å². The molecule has 2 rings (SSSR count). The molecular weight excluding hydrogens is 164 g/mol. The van der Waals surface area contributed by atoms with Gasteiger partial charge in [0.2, 0.25) is 5.89 Å². The van der Waals surface area contributed by atoms with E-state index in [1.54, 1.807) is 0 Å². The highest BCUT2D eigenvalue weighted by atomic mass is 16.5. The van der Waals surface area contributed by atoms with Crippen molar-refractivity contribution in [2.45, 2.75) is 38.5 Å². The highest BCUT2D eigenvalue weighted by Crippen LogP contribution is 2.35. The molecule has 1 aromatic rings. The summed E-state index contributed by atoms with van der Waals surface area (Å²) in [6, 6.07) is 0. The maximum Gasteiger partial charge on any atom is 0.233 e. The lowest BCUT2D eigenvalue weighted by molar-refractivity contribution is 0.343. The molecule has 0 saturated heterocycles. The van der Waals surface area contributed by atoms with Crippen molar-refractivity contribution in [3.8, 4) is 0 Å². The first-order chi connectivity index (χ1) is 6.27. The minimum Gasteiger partial charge on any atom is -0.339 e. The molecule has 1 aromatic heterocycles. The Balaban J connectivity index is 2.19. The Morgan fingerprint density at radius 2 is 2.31 bits per heavy atom. The fourth-order valence-electron chi connectivity index (χ4n) is 1.83. The molecule has 0 N–H and O–H groups in total. The molecule has 13 heavy (non-hydrogen) atoms. The Morgan fingerprint density at radius 3 is 2.92 bits per heavy atom. The van der Waals surface area contributed by atoms with Crippen LogP contribution in [0, 0.1) is 6.92 Å². The van der Waals surface area contributed by atoms with E-state index in [2.05, 4.69) is 16.7 Å². The maximum atomic E-state index is 5.15. The standard InChI is InChI=1S/C10H14N2O/c1-7-5-3-4-6-9(7)10-11-8(2)12-13-10/h9H,1,3-6H2,2H3. The number of hydrogen-bond donors (Lipinski definition) is 0. The van der Waals surface area contributed by atoms with Crippen LogP contribution in [-0.2, 0) is 0 Å². The first-order valence-corrected chi connectivity index (χ1v) is 4.75. The molecule has 1 aliphatic rings. The van der Waals surface area contributed by atoms with Crippen molar-refractivity contribution in [1.82, 2.24) is 10.1 Å².